The number of benzene rings is 1. The number of fused-ring (bicyclic) bond motifs is 1. The van der Waals surface area contributed by atoms with Gasteiger partial charge in [-0.3, -0.25) is 4.79 Å². The highest BCUT2D eigenvalue weighted by Gasteiger charge is 2.46. The average molecular weight is 500 g/mol. The molecule has 1 aliphatic heterocycles. The summed E-state index contributed by atoms with van der Waals surface area (Å²) in [5.41, 5.74) is 2.89. The van der Waals surface area contributed by atoms with Crippen LogP contribution >= 0.6 is 11.6 Å². The minimum atomic E-state index is -0.755. The normalized spacial score (nSPS) is 20.3. The fourth-order valence-corrected chi connectivity index (χ4v) is 5.44. The highest BCUT2D eigenvalue weighted by atomic mass is 35.5. The number of carbonyl (C=O) groups excluding carboxylic acids is 1. The van der Waals surface area contributed by atoms with E-state index >= 15 is 0 Å². The number of aliphatic hydroxyl groups is 1. The molecule has 3 atom stereocenters. The molecule has 1 aromatic carbocycles. The van der Waals surface area contributed by atoms with Crippen LogP contribution in [0.3, 0.4) is 0 Å². The summed E-state index contributed by atoms with van der Waals surface area (Å²) in [7, 11) is 0. The minimum absolute atomic E-state index is 0.0115. The van der Waals surface area contributed by atoms with E-state index in [9.17, 15) is 9.90 Å². The predicted octanol–water partition coefficient (Wildman–Crippen LogP) is 4.77. The van der Waals surface area contributed by atoms with Crippen molar-refractivity contribution in [2.24, 2.45) is 5.41 Å². The molecule has 1 aromatic heterocycles. The third-order valence-electron chi connectivity index (χ3n) is 6.98. The molecule has 1 saturated carbocycles. The Bertz CT molecular complexity index is 1030. The Labute approximate surface area is 213 Å². The van der Waals surface area contributed by atoms with Crippen LogP contribution in [0.1, 0.15) is 76.2 Å². The lowest BCUT2D eigenvalue weighted by Gasteiger charge is -2.48. The molecule has 35 heavy (non-hydrogen) atoms. The molecule has 2 heterocycles. The van der Waals surface area contributed by atoms with Crippen molar-refractivity contribution in [1.29, 1.82) is 0 Å². The first-order valence-electron chi connectivity index (χ1n) is 12.6. The summed E-state index contributed by atoms with van der Waals surface area (Å²) in [6, 6.07) is 11.6. The minimum Gasteiger partial charge on any atom is -0.484 e. The molecule has 7 heteroatoms. The monoisotopic (exact) mass is 499 g/mol. The quantitative estimate of drug-likeness (QED) is 0.456. The summed E-state index contributed by atoms with van der Waals surface area (Å²) < 4.78 is 6.43. The second kappa shape index (κ2) is 10.5. The Morgan fingerprint density at radius 3 is 2.60 bits per heavy atom. The van der Waals surface area contributed by atoms with Crippen molar-refractivity contribution in [3.63, 3.8) is 0 Å². The van der Waals surface area contributed by atoms with E-state index < -0.39 is 12.1 Å². The lowest BCUT2D eigenvalue weighted by Crippen LogP contribution is -2.52. The maximum Gasteiger partial charge on any atom is 0.217 e. The van der Waals surface area contributed by atoms with Gasteiger partial charge in [-0.1, -0.05) is 62.7 Å². The van der Waals surface area contributed by atoms with Crippen molar-refractivity contribution in [1.82, 2.24) is 15.6 Å². The molecule has 3 N–H and O–H groups in total. The van der Waals surface area contributed by atoms with Crippen molar-refractivity contribution in [2.45, 2.75) is 90.0 Å². The molecule has 1 aliphatic carbocycles. The smallest absolute Gasteiger partial charge is 0.217 e. The van der Waals surface area contributed by atoms with Crippen LogP contribution in [-0.2, 0) is 17.6 Å². The second-order valence-electron chi connectivity index (χ2n) is 11.4. The number of ether oxygens (including phenoxy) is 1. The molecular weight excluding hydrogens is 462 g/mol. The van der Waals surface area contributed by atoms with Crippen molar-refractivity contribution < 1.29 is 14.6 Å². The lowest BCUT2D eigenvalue weighted by atomic mass is 9.73. The van der Waals surface area contributed by atoms with Crippen LogP contribution in [0.2, 0.25) is 5.15 Å². The SMILES string of the molecule is CC(=O)N[C@@H](Cc1ccccc1)[C@@H](O)CN[C@H]1CC2(CCC2)Oc2c1cc(CC(C)(C)C)nc2Cl. The van der Waals surface area contributed by atoms with E-state index in [2.05, 4.69) is 42.5 Å². The topological polar surface area (TPSA) is 83.5 Å². The number of aromatic nitrogens is 1. The highest BCUT2D eigenvalue weighted by molar-refractivity contribution is 6.31. The first-order valence-corrected chi connectivity index (χ1v) is 13.0. The maximum absolute atomic E-state index is 11.9. The Morgan fingerprint density at radius 1 is 1.29 bits per heavy atom. The van der Waals surface area contributed by atoms with Gasteiger partial charge in [0.2, 0.25) is 5.91 Å². The van der Waals surface area contributed by atoms with E-state index in [0.717, 1.165) is 48.9 Å². The Hall–Kier alpha value is -2.15. The molecule has 6 nitrogen and oxygen atoms in total. The number of hydrogen-bond donors (Lipinski definition) is 3. The number of nitrogens with zero attached hydrogens (tertiary/aromatic N) is 1. The number of pyridine rings is 1. The summed E-state index contributed by atoms with van der Waals surface area (Å²) in [6.07, 6.45) is 4.57. The predicted molar refractivity (Wildman–Crippen MR) is 139 cm³/mol. The zero-order valence-corrected chi connectivity index (χ0v) is 22.0. The molecule has 2 aliphatic rings. The van der Waals surface area contributed by atoms with Crippen molar-refractivity contribution in [3.05, 3.63) is 58.4 Å². The number of carbonyl (C=O) groups is 1. The Morgan fingerprint density at radius 2 is 2.00 bits per heavy atom. The van der Waals surface area contributed by atoms with Gasteiger partial charge < -0.3 is 20.5 Å². The molecule has 190 valence electrons. The van der Waals surface area contributed by atoms with Gasteiger partial charge in [0.1, 0.15) is 5.60 Å². The van der Waals surface area contributed by atoms with E-state index in [1.165, 1.54) is 6.92 Å². The first-order chi connectivity index (χ1) is 16.5. The van der Waals surface area contributed by atoms with Crippen LogP contribution in [0.5, 0.6) is 5.75 Å². The average Bonchev–Trinajstić information content (AvgIpc) is 2.75. The largest absolute Gasteiger partial charge is 0.484 e. The summed E-state index contributed by atoms with van der Waals surface area (Å²) in [4.78, 5) is 16.5. The summed E-state index contributed by atoms with van der Waals surface area (Å²) >= 11 is 6.65. The fraction of sp³-hybridized carbons (Fsp3) is 0.571. The van der Waals surface area contributed by atoms with Crippen molar-refractivity contribution in [2.75, 3.05) is 6.54 Å². The van der Waals surface area contributed by atoms with E-state index in [1.807, 2.05) is 30.3 Å². The summed E-state index contributed by atoms with van der Waals surface area (Å²) in [5.74, 6) is 0.518. The number of nitrogens with one attached hydrogen (secondary N) is 2. The van der Waals surface area contributed by atoms with E-state index in [4.69, 9.17) is 16.3 Å². The maximum atomic E-state index is 11.9. The third kappa shape index (κ3) is 6.54. The van der Waals surface area contributed by atoms with E-state index in [0.29, 0.717) is 23.9 Å². The summed E-state index contributed by atoms with van der Waals surface area (Å²) in [5, 5.41) is 18.1. The van der Waals surface area contributed by atoms with Gasteiger partial charge in [0.05, 0.1) is 12.1 Å². The van der Waals surface area contributed by atoms with E-state index in [1.54, 1.807) is 0 Å². The molecule has 2 aromatic rings. The zero-order valence-electron chi connectivity index (χ0n) is 21.2. The number of amides is 1. The van der Waals surface area contributed by atoms with Gasteiger partial charge in [-0.05, 0) is 49.1 Å². The molecule has 0 unspecified atom stereocenters. The van der Waals surface area contributed by atoms with Gasteiger partial charge in [0.25, 0.3) is 0 Å². The van der Waals surface area contributed by atoms with E-state index in [-0.39, 0.29) is 23.0 Å². The summed E-state index contributed by atoms with van der Waals surface area (Å²) in [6.45, 7) is 8.38. The van der Waals surface area contributed by atoms with Gasteiger partial charge in [-0.2, -0.15) is 0 Å². The number of rotatable bonds is 8. The molecule has 1 amide bonds. The van der Waals surface area contributed by atoms with Crippen LogP contribution in [0, 0.1) is 5.41 Å². The first kappa shape index (κ1) is 25.9. The molecule has 1 fully saturated rings. The highest BCUT2D eigenvalue weighted by Crippen LogP contribution is 2.51. The Balaban J connectivity index is 1.53. The molecule has 0 saturated heterocycles. The molecule has 1 spiro atoms. The van der Waals surface area contributed by atoms with Gasteiger partial charge in [0.15, 0.2) is 10.9 Å². The van der Waals surface area contributed by atoms with Crippen molar-refractivity contribution >= 4 is 17.5 Å². The van der Waals surface area contributed by atoms with Crippen LogP contribution in [0.25, 0.3) is 0 Å². The van der Waals surface area contributed by atoms with Crippen LogP contribution in [0.4, 0.5) is 0 Å². The Kier molecular flexibility index (Phi) is 7.74. The van der Waals surface area contributed by atoms with Gasteiger partial charge in [-0.15, -0.1) is 0 Å². The van der Waals surface area contributed by atoms with Crippen LogP contribution in [-0.4, -0.2) is 40.3 Å². The molecule has 4 rings (SSSR count). The standard InChI is InChI=1S/C28H38ClN3O3/c1-18(33)31-22(13-19-9-6-5-7-10-19)24(34)17-30-23-16-28(11-8-12-28)35-25-21(23)14-20(32-26(25)29)15-27(2,3)4/h5-7,9-10,14,22-24,30,34H,8,11-13,15-17H2,1-4H3,(H,31,33)/t22-,23-,24-/m0/s1. The number of aliphatic hydroxyl groups excluding tert-OH is 1. The zero-order chi connectivity index (χ0) is 25.2. The van der Waals surface area contributed by atoms with Crippen LogP contribution in [0.15, 0.2) is 36.4 Å². The van der Waals surface area contributed by atoms with Crippen LogP contribution < -0.4 is 15.4 Å². The van der Waals surface area contributed by atoms with Gasteiger partial charge >= 0.3 is 0 Å². The van der Waals surface area contributed by atoms with Gasteiger partial charge in [-0.25, -0.2) is 4.98 Å². The van der Waals surface area contributed by atoms with Gasteiger partial charge in [0, 0.05) is 37.2 Å². The molecule has 0 bridgehead atoms. The fourth-order valence-electron chi connectivity index (χ4n) is 5.18. The van der Waals surface area contributed by atoms with Crippen molar-refractivity contribution in [3.8, 4) is 5.75 Å². The number of halogens is 1. The number of hydrogen-bond acceptors (Lipinski definition) is 5. The molecular formula is C28H38ClN3O3. The second-order valence-corrected chi connectivity index (χ2v) is 11.8. The third-order valence-corrected chi connectivity index (χ3v) is 7.24. The molecule has 0 radical (unpaired) electrons. The lowest BCUT2D eigenvalue weighted by molar-refractivity contribution is -0.120.